The van der Waals surface area contributed by atoms with Crippen molar-refractivity contribution in [1.82, 2.24) is 19.6 Å². The first kappa shape index (κ1) is 19.8. The first-order chi connectivity index (χ1) is 14.5. The Hall–Kier alpha value is -3.55. The monoisotopic (exact) mass is 407 g/mol. The zero-order valence-electron chi connectivity index (χ0n) is 17.2. The van der Waals surface area contributed by atoms with Gasteiger partial charge in [0, 0.05) is 44.3 Å². The summed E-state index contributed by atoms with van der Waals surface area (Å²) in [5.74, 6) is 1.31. The number of rotatable bonds is 4. The molecule has 0 atom stereocenters. The van der Waals surface area contributed by atoms with Crippen LogP contribution in [0, 0.1) is 13.8 Å². The molecular formula is C22H25N5O3. The van der Waals surface area contributed by atoms with Gasteiger partial charge in [-0.25, -0.2) is 4.79 Å². The standard InChI is InChI=1S/C22H25N5O3/c1-16-14-19(17(2)30-16)21(28)25-10-12-26(13-11-25)22(29)24-20-7-4-3-6-18(20)15-27-9-5-8-23-27/h3-9,14H,10-13,15H2,1-2H3,(H,24,29). The van der Waals surface area contributed by atoms with Crippen LogP contribution in [0.5, 0.6) is 0 Å². The van der Waals surface area contributed by atoms with E-state index in [2.05, 4.69) is 10.4 Å². The van der Waals surface area contributed by atoms with E-state index < -0.39 is 0 Å². The topological polar surface area (TPSA) is 83.6 Å². The van der Waals surface area contributed by atoms with Gasteiger partial charge in [0.25, 0.3) is 5.91 Å². The van der Waals surface area contributed by atoms with Gasteiger partial charge in [-0.3, -0.25) is 9.48 Å². The minimum absolute atomic E-state index is 0.0472. The molecule has 2 aromatic heterocycles. The number of carbonyl (C=O) groups excluding carboxylic acids is 2. The summed E-state index contributed by atoms with van der Waals surface area (Å²) in [4.78, 5) is 29.0. The molecule has 1 aliphatic heterocycles. The maximum Gasteiger partial charge on any atom is 0.321 e. The van der Waals surface area contributed by atoms with E-state index >= 15 is 0 Å². The number of piperazine rings is 1. The molecule has 0 unspecified atom stereocenters. The quantitative estimate of drug-likeness (QED) is 0.720. The van der Waals surface area contributed by atoms with Crippen LogP contribution in [0.4, 0.5) is 10.5 Å². The molecule has 0 aliphatic carbocycles. The summed E-state index contributed by atoms with van der Waals surface area (Å²) in [5, 5.41) is 7.24. The van der Waals surface area contributed by atoms with E-state index in [0.717, 1.165) is 17.0 Å². The third-order valence-corrected chi connectivity index (χ3v) is 5.28. The highest BCUT2D eigenvalue weighted by atomic mass is 16.3. The minimum Gasteiger partial charge on any atom is -0.466 e. The van der Waals surface area contributed by atoms with E-state index in [9.17, 15) is 9.59 Å². The van der Waals surface area contributed by atoms with Crippen LogP contribution in [-0.4, -0.2) is 57.7 Å². The second-order valence-electron chi connectivity index (χ2n) is 7.40. The molecule has 1 N–H and O–H groups in total. The highest BCUT2D eigenvalue weighted by Crippen LogP contribution is 2.19. The van der Waals surface area contributed by atoms with Crippen molar-refractivity contribution in [2.45, 2.75) is 20.4 Å². The summed E-state index contributed by atoms with van der Waals surface area (Å²) in [7, 11) is 0. The Bertz CT molecular complexity index is 1030. The van der Waals surface area contributed by atoms with Gasteiger partial charge in [-0.1, -0.05) is 18.2 Å². The Morgan fingerprint density at radius 3 is 2.47 bits per heavy atom. The number of amides is 3. The zero-order valence-corrected chi connectivity index (χ0v) is 17.2. The lowest BCUT2D eigenvalue weighted by atomic mass is 10.1. The number of nitrogens with zero attached hydrogens (tertiary/aromatic N) is 4. The van der Waals surface area contributed by atoms with Crippen LogP contribution in [0.3, 0.4) is 0 Å². The molecule has 4 rings (SSSR count). The predicted octanol–water partition coefficient (Wildman–Crippen LogP) is 3.13. The van der Waals surface area contributed by atoms with Gasteiger partial charge in [0.2, 0.25) is 0 Å². The number of anilines is 1. The number of aromatic nitrogens is 2. The predicted molar refractivity (Wildman–Crippen MR) is 112 cm³/mol. The average molecular weight is 407 g/mol. The van der Waals surface area contributed by atoms with Crippen LogP contribution in [0.2, 0.25) is 0 Å². The van der Waals surface area contributed by atoms with Gasteiger partial charge in [0.15, 0.2) is 0 Å². The summed E-state index contributed by atoms with van der Waals surface area (Å²) in [5.41, 5.74) is 2.34. The first-order valence-electron chi connectivity index (χ1n) is 9.99. The number of urea groups is 1. The Balaban J connectivity index is 1.36. The molecule has 8 heteroatoms. The smallest absolute Gasteiger partial charge is 0.321 e. The van der Waals surface area contributed by atoms with Crippen molar-refractivity contribution in [2.75, 3.05) is 31.5 Å². The summed E-state index contributed by atoms with van der Waals surface area (Å²) in [6, 6.07) is 11.2. The van der Waals surface area contributed by atoms with E-state index in [1.54, 1.807) is 29.0 Å². The van der Waals surface area contributed by atoms with E-state index in [0.29, 0.717) is 44.0 Å². The van der Waals surface area contributed by atoms with Crippen molar-refractivity contribution in [2.24, 2.45) is 0 Å². The van der Waals surface area contributed by atoms with Crippen molar-refractivity contribution in [3.05, 3.63) is 71.4 Å². The fourth-order valence-electron chi connectivity index (χ4n) is 3.67. The zero-order chi connectivity index (χ0) is 21.1. The van der Waals surface area contributed by atoms with Crippen molar-refractivity contribution in [3.63, 3.8) is 0 Å². The summed E-state index contributed by atoms with van der Waals surface area (Å²) in [6.45, 7) is 6.15. The molecule has 0 bridgehead atoms. The molecule has 30 heavy (non-hydrogen) atoms. The molecule has 1 saturated heterocycles. The van der Waals surface area contributed by atoms with Gasteiger partial charge >= 0.3 is 6.03 Å². The van der Waals surface area contributed by atoms with Crippen LogP contribution in [0.15, 0.2) is 53.2 Å². The first-order valence-corrected chi connectivity index (χ1v) is 9.99. The van der Waals surface area contributed by atoms with Crippen LogP contribution >= 0.6 is 0 Å². The number of benzene rings is 1. The third kappa shape index (κ3) is 4.22. The molecule has 3 heterocycles. The number of furan rings is 1. The van der Waals surface area contributed by atoms with Gasteiger partial charge < -0.3 is 19.5 Å². The number of hydrogen-bond donors (Lipinski definition) is 1. The maximum atomic E-state index is 12.8. The van der Waals surface area contributed by atoms with Gasteiger partial charge in [0.1, 0.15) is 11.5 Å². The largest absolute Gasteiger partial charge is 0.466 e. The maximum absolute atomic E-state index is 12.8. The normalized spacial score (nSPS) is 14.1. The van der Waals surface area contributed by atoms with Crippen LogP contribution in [0.25, 0.3) is 0 Å². The van der Waals surface area contributed by atoms with E-state index in [1.165, 1.54) is 0 Å². The Labute approximate surface area is 175 Å². The lowest BCUT2D eigenvalue weighted by molar-refractivity contribution is 0.0670. The number of aryl methyl sites for hydroxylation is 2. The highest BCUT2D eigenvalue weighted by molar-refractivity contribution is 5.95. The fourth-order valence-corrected chi connectivity index (χ4v) is 3.67. The lowest BCUT2D eigenvalue weighted by Crippen LogP contribution is -2.51. The molecule has 3 amide bonds. The second-order valence-corrected chi connectivity index (χ2v) is 7.40. The van der Waals surface area contributed by atoms with E-state index in [-0.39, 0.29) is 11.9 Å². The second kappa shape index (κ2) is 8.44. The van der Waals surface area contributed by atoms with Gasteiger partial charge in [-0.15, -0.1) is 0 Å². The number of carbonyl (C=O) groups is 2. The fraction of sp³-hybridized carbons (Fsp3) is 0.318. The number of para-hydroxylation sites is 1. The molecule has 0 saturated carbocycles. The molecule has 8 nitrogen and oxygen atoms in total. The lowest BCUT2D eigenvalue weighted by Gasteiger charge is -2.34. The van der Waals surface area contributed by atoms with Crippen LogP contribution in [0.1, 0.15) is 27.4 Å². The molecule has 0 radical (unpaired) electrons. The van der Waals surface area contributed by atoms with Gasteiger partial charge in [-0.2, -0.15) is 5.10 Å². The summed E-state index contributed by atoms with van der Waals surface area (Å²) < 4.78 is 7.29. The minimum atomic E-state index is -0.162. The molecule has 1 fully saturated rings. The van der Waals surface area contributed by atoms with Crippen molar-refractivity contribution < 1.29 is 14.0 Å². The van der Waals surface area contributed by atoms with Crippen LogP contribution < -0.4 is 5.32 Å². The van der Waals surface area contributed by atoms with Crippen molar-refractivity contribution in [1.29, 1.82) is 0 Å². The molecule has 1 aromatic carbocycles. The van der Waals surface area contributed by atoms with Crippen molar-refractivity contribution in [3.8, 4) is 0 Å². The van der Waals surface area contributed by atoms with Gasteiger partial charge in [-0.05, 0) is 37.6 Å². The summed E-state index contributed by atoms with van der Waals surface area (Å²) in [6.07, 6.45) is 3.62. The third-order valence-electron chi connectivity index (χ3n) is 5.28. The SMILES string of the molecule is Cc1cc(C(=O)N2CCN(C(=O)Nc3ccccc3Cn3cccn3)CC2)c(C)o1. The average Bonchev–Trinajstić information content (AvgIpc) is 3.38. The number of nitrogens with one attached hydrogen (secondary N) is 1. The molecular weight excluding hydrogens is 382 g/mol. The molecule has 0 spiro atoms. The molecule has 1 aliphatic rings. The summed E-state index contributed by atoms with van der Waals surface area (Å²) >= 11 is 0. The van der Waals surface area contributed by atoms with Crippen molar-refractivity contribution >= 4 is 17.6 Å². The highest BCUT2D eigenvalue weighted by Gasteiger charge is 2.27. The molecule has 3 aromatic rings. The van der Waals surface area contributed by atoms with Crippen LogP contribution in [-0.2, 0) is 6.54 Å². The Morgan fingerprint density at radius 1 is 1.07 bits per heavy atom. The number of hydrogen-bond acceptors (Lipinski definition) is 4. The Morgan fingerprint density at radius 2 is 1.80 bits per heavy atom. The molecule has 156 valence electrons. The van der Waals surface area contributed by atoms with E-state index in [1.807, 2.05) is 48.1 Å². The van der Waals surface area contributed by atoms with E-state index in [4.69, 9.17) is 4.42 Å². The van der Waals surface area contributed by atoms with Gasteiger partial charge in [0.05, 0.1) is 12.1 Å². The Kier molecular flexibility index (Phi) is 5.56.